The first-order valence-corrected chi connectivity index (χ1v) is 9.81. The van der Waals surface area contributed by atoms with Crippen molar-refractivity contribution in [1.29, 1.82) is 0 Å². The van der Waals surface area contributed by atoms with Gasteiger partial charge in [0.15, 0.2) is 0 Å². The molecule has 2 aliphatic heterocycles. The number of nitrogens with zero attached hydrogens (tertiary/aromatic N) is 2. The average molecular weight is 403 g/mol. The summed E-state index contributed by atoms with van der Waals surface area (Å²) in [5.74, 6) is -0.0652. The highest BCUT2D eigenvalue weighted by Crippen LogP contribution is 2.51. The number of benzene rings is 2. The third-order valence-corrected chi connectivity index (χ3v) is 6.60. The van der Waals surface area contributed by atoms with Crippen LogP contribution >= 0.6 is 35.1 Å². The molecule has 0 saturated carbocycles. The molecule has 26 heavy (non-hydrogen) atoms. The first-order chi connectivity index (χ1) is 12.5. The average Bonchev–Trinajstić information content (AvgIpc) is 3.18. The van der Waals surface area contributed by atoms with Crippen molar-refractivity contribution in [2.24, 2.45) is 0 Å². The van der Waals surface area contributed by atoms with Crippen molar-refractivity contribution in [3.8, 4) is 0 Å². The topological polar surface area (TPSA) is 63.4 Å². The zero-order chi connectivity index (χ0) is 18.3. The summed E-state index contributed by atoms with van der Waals surface area (Å²) in [7, 11) is 0. The van der Waals surface area contributed by atoms with E-state index in [1.54, 1.807) is 40.9 Å². The smallest absolute Gasteiger partial charge is 0.269 e. The minimum Gasteiger partial charge on any atom is -0.284 e. The molecule has 1 saturated heterocycles. The Balaban J connectivity index is 1.60. The van der Waals surface area contributed by atoms with Crippen molar-refractivity contribution in [3.63, 3.8) is 0 Å². The number of hydrogen-bond donors (Lipinski definition) is 0. The van der Waals surface area contributed by atoms with Gasteiger partial charge in [-0.15, -0.1) is 0 Å². The summed E-state index contributed by atoms with van der Waals surface area (Å²) in [6.07, 6.45) is 1.86. The van der Waals surface area contributed by atoms with E-state index in [0.29, 0.717) is 9.93 Å². The number of nitro benzene ring substituents is 1. The van der Waals surface area contributed by atoms with Crippen LogP contribution in [0.2, 0.25) is 5.02 Å². The fourth-order valence-electron chi connectivity index (χ4n) is 2.68. The van der Waals surface area contributed by atoms with Crippen LogP contribution in [-0.4, -0.2) is 20.4 Å². The predicted octanol–water partition coefficient (Wildman–Crippen LogP) is 5.19. The van der Waals surface area contributed by atoms with Crippen molar-refractivity contribution in [3.05, 3.63) is 85.1 Å². The van der Waals surface area contributed by atoms with E-state index in [1.165, 1.54) is 23.9 Å². The van der Waals surface area contributed by atoms with Gasteiger partial charge in [-0.3, -0.25) is 19.8 Å². The molecule has 130 valence electrons. The van der Waals surface area contributed by atoms with Gasteiger partial charge in [-0.05, 0) is 46.9 Å². The molecule has 5 nitrogen and oxygen atoms in total. The molecule has 0 aromatic heterocycles. The molecule has 0 radical (unpaired) electrons. The minimum atomic E-state index is -0.436. The van der Waals surface area contributed by atoms with Crippen LogP contribution in [0.1, 0.15) is 11.1 Å². The van der Waals surface area contributed by atoms with Crippen LogP contribution < -0.4 is 0 Å². The molecule has 0 bridgehead atoms. The lowest BCUT2D eigenvalue weighted by molar-refractivity contribution is -0.384. The van der Waals surface area contributed by atoms with Crippen molar-refractivity contribution >= 4 is 58.5 Å². The number of hydrogen-bond acceptors (Lipinski definition) is 5. The van der Waals surface area contributed by atoms with Gasteiger partial charge in [0.25, 0.3) is 11.6 Å². The third kappa shape index (κ3) is 3.13. The largest absolute Gasteiger partial charge is 0.284 e. The number of thioether (sulfide) groups is 2. The van der Waals surface area contributed by atoms with Crippen LogP contribution in [0.15, 0.2) is 58.8 Å². The number of halogens is 1. The second-order valence-electron chi connectivity index (χ2n) is 5.60. The Morgan fingerprint density at radius 2 is 1.81 bits per heavy atom. The Bertz CT molecular complexity index is 955. The molecule has 1 fully saturated rings. The Hall–Kier alpha value is -2.22. The highest BCUT2D eigenvalue weighted by Gasteiger charge is 2.42. The van der Waals surface area contributed by atoms with Crippen molar-refractivity contribution in [2.75, 3.05) is 0 Å². The molecule has 0 aliphatic carbocycles. The van der Waals surface area contributed by atoms with Crippen LogP contribution in [0.3, 0.4) is 0 Å². The van der Waals surface area contributed by atoms with E-state index in [-0.39, 0.29) is 16.3 Å². The lowest BCUT2D eigenvalue weighted by Crippen LogP contribution is -2.25. The number of rotatable bonds is 3. The molecule has 8 heteroatoms. The summed E-state index contributed by atoms with van der Waals surface area (Å²) in [6, 6.07) is 13.6. The molecular weight excluding hydrogens is 392 g/mol. The van der Waals surface area contributed by atoms with Gasteiger partial charge in [0.05, 0.1) is 15.5 Å². The Labute approximate surface area is 162 Å². The lowest BCUT2D eigenvalue weighted by Gasteiger charge is -2.17. The van der Waals surface area contributed by atoms with Crippen LogP contribution in [0, 0.1) is 10.1 Å². The van der Waals surface area contributed by atoms with Gasteiger partial charge in [-0.2, -0.15) is 0 Å². The fourth-order valence-corrected chi connectivity index (χ4v) is 5.27. The molecule has 2 heterocycles. The summed E-state index contributed by atoms with van der Waals surface area (Å²) in [5.41, 5.74) is 2.50. The van der Waals surface area contributed by atoms with Gasteiger partial charge in [-0.25, -0.2) is 0 Å². The number of non-ortho nitro benzene ring substituents is 1. The third-order valence-electron chi connectivity index (χ3n) is 3.97. The van der Waals surface area contributed by atoms with E-state index in [9.17, 15) is 14.9 Å². The molecule has 2 aromatic rings. The monoisotopic (exact) mass is 402 g/mol. The normalized spacial score (nSPS) is 20.4. The summed E-state index contributed by atoms with van der Waals surface area (Å²) >= 11 is 8.96. The Morgan fingerprint density at radius 3 is 2.46 bits per heavy atom. The van der Waals surface area contributed by atoms with Gasteiger partial charge in [0, 0.05) is 17.2 Å². The molecule has 0 N–H and O–H groups in total. The lowest BCUT2D eigenvalue weighted by atomic mass is 10.1. The summed E-state index contributed by atoms with van der Waals surface area (Å²) in [5, 5.41) is 13.4. The molecule has 0 spiro atoms. The number of amides is 1. The van der Waals surface area contributed by atoms with E-state index in [4.69, 9.17) is 11.6 Å². The molecule has 2 aliphatic rings. The van der Waals surface area contributed by atoms with E-state index in [0.717, 1.165) is 16.8 Å². The van der Waals surface area contributed by atoms with Crippen molar-refractivity contribution < 1.29 is 9.72 Å². The van der Waals surface area contributed by atoms with E-state index in [1.807, 2.05) is 23.6 Å². The molecular formula is C18H11ClN2O3S2. The van der Waals surface area contributed by atoms with Gasteiger partial charge >= 0.3 is 0 Å². The summed E-state index contributed by atoms with van der Waals surface area (Å²) in [6.45, 7) is 0. The molecule has 4 rings (SSSR count). The fraction of sp³-hybridized carbons (Fsp3) is 0.0556. The van der Waals surface area contributed by atoms with E-state index >= 15 is 0 Å². The van der Waals surface area contributed by atoms with Gasteiger partial charge in [-0.1, -0.05) is 47.3 Å². The van der Waals surface area contributed by atoms with Gasteiger partial charge in [0.1, 0.15) is 4.71 Å². The second-order valence-corrected chi connectivity index (χ2v) is 8.41. The Morgan fingerprint density at radius 1 is 1.12 bits per heavy atom. The Kier molecular flexibility index (Phi) is 4.52. The molecule has 1 unspecified atom stereocenters. The zero-order valence-electron chi connectivity index (χ0n) is 13.2. The number of carbonyl (C=O) groups excluding carboxylic acids is 1. The quantitative estimate of drug-likeness (QED) is 0.401. The van der Waals surface area contributed by atoms with E-state index in [2.05, 4.69) is 0 Å². The van der Waals surface area contributed by atoms with Crippen LogP contribution in [0.5, 0.6) is 0 Å². The number of nitro groups is 1. The summed E-state index contributed by atoms with van der Waals surface area (Å²) in [4.78, 5) is 25.6. The molecule has 1 atom stereocenters. The first-order valence-electron chi connectivity index (χ1n) is 7.61. The summed E-state index contributed by atoms with van der Waals surface area (Å²) < 4.78 is -0.0498. The SMILES string of the molecule is O=C1C(=Cc2ccc(Cl)cc2)SC2SC=C(c3ccc([N+](=O)[O-])cc3)N12. The van der Waals surface area contributed by atoms with Crippen LogP contribution in [0.4, 0.5) is 5.69 Å². The van der Waals surface area contributed by atoms with Crippen LogP contribution in [0.25, 0.3) is 11.8 Å². The molecule has 2 aromatic carbocycles. The predicted molar refractivity (Wildman–Crippen MR) is 106 cm³/mol. The standard InChI is InChI=1S/C18H11ClN2O3S2/c19-13-5-1-11(2-6-13)9-16-17(22)20-15(10-25-18(20)26-16)12-3-7-14(8-4-12)21(23)24/h1-10,18H. The van der Waals surface area contributed by atoms with Crippen molar-refractivity contribution in [2.45, 2.75) is 4.71 Å². The number of fused-ring (bicyclic) bond motifs is 1. The maximum absolute atomic E-state index is 12.9. The maximum Gasteiger partial charge on any atom is 0.269 e. The van der Waals surface area contributed by atoms with Crippen LogP contribution in [-0.2, 0) is 4.79 Å². The van der Waals surface area contributed by atoms with Gasteiger partial charge in [0.2, 0.25) is 0 Å². The minimum absolute atomic E-state index is 0.0296. The second kappa shape index (κ2) is 6.83. The van der Waals surface area contributed by atoms with Crippen molar-refractivity contribution in [1.82, 2.24) is 4.90 Å². The van der Waals surface area contributed by atoms with E-state index < -0.39 is 4.92 Å². The zero-order valence-corrected chi connectivity index (χ0v) is 15.6. The number of carbonyl (C=O) groups is 1. The molecule has 1 amide bonds. The maximum atomic E-state index is 12.9. The van der Waals surface area contributed by atoms with Gasteiger partial charge < -0.3 is 0 Å². The first kappa shape index (κ1) is 17.2. The highest BCUT2D eigenvalue weighted by atomic mass is 35.5. The highest BCUT2D eigenvalue weighted by molar-refractivity contribution is 8.21.